The number of rotatable bonds is 2. The molecule has 0 saturated heterocycles. The van der Waals surface area contributed by atoms with Crippen LogP contribution in [0.1, 0.15) is 17.2 Å². The number of phenols is 1. The van der Waals surface area contributed by atoms with Crippen LogP contribution < -0.4 is 5.73 Å². The number of aliphatic hydroxyl groups is 1. The van der Waals surface area contributed by atoms with Crippen LogP contribution in [0.4, 0.5) is 0 Å². The van der Waals surface area contributed by atoms with Crippen molar-refractivity contribution in [3.63, 3.8) is 0 Å². The Bertz CT molecular complexity index is 315. The summed E-state index contributed by atoms with van der Waals surface area (Å²) in [7, 11) is 0. The van der Waals surface area contributed by atoms with Gasteiger partial charge in [-0.2, -0.15) is 0 Å². The Kier molecular flexibility index (Phi) is 3.30. The van der Waals surface area contributed by atoms with Gasteiger partial charge in [0.2, 0.25) is 0 Å². The van der Waals surface area contributed by atoms with E-state index in [-0.39, 0.29) is 12.3 Å². The second kappa shape index (κ2) is 4.09. The molecular formula is C9H12BrNO2. The fourth-order valence-electron chi connectivity index (χ4n) is 1.15. The third-order valence-corrected chi connectivity index (χ3v) is 2.93. The molecule has 4 N–H and O–H groups in total. The van der Waals surface area contributed by atoms with Crippen molar-refractivity contribution in [2.45, 2.75) is 13.0 Å². The van der Waals surface area contributed by atoms with E-state index in [1.807, 2.05) is 6.92 Å². The predicted octanol–water partition coefficient (Wildman–Crippen LogP) is 1.46. The Morgan fingerprint density at radius 2 is 2.15 bits per heavy atom. The fraction of sp³-hybridized carbons (Fsp3) is 0.333. The summed E-state index contributed by atoms with van der Waals surface area (Å²) in [4.78, 5) is 0. The van der Waals surface area contributed by atoms with Crippen LogP contribution in [0, 0.1) is 6.92 Å². The SMILES string of the molecule is Cc1cc(O)cc(C(O)CN)c1Br. The first-order valence-corrected chi connectivity index (χ1v) is 4.72. The van der Waals surface area contributed by atoms with E-state index in [4.69, 9.17) is 5.73 Å². The zero-order chi connectivity index (χ0) is 10.0. The number of benzene rings is 1. The quantitative estimate of drug-likeness (QED) is 0.739. The highest BCUT2D eigenvalue weighted by molar-refractivity contribution is 9.10. The minimum Gasteiger partial charge on any atom is -0.508 e. The highest BCUT2D eigenvalue weighted by Crippen LogP contribution is 2.30. The standard InChI is InChI=1S/C9H12BrNO2/c1-5-2-6(12)3-7(9(5)10)8(13)4-11/h2-3,8,12-13H,4,11H2,1H3. The molecule has 1 aromatic carbocycles. The molecule has 0 aliphatic rings. The molecule has 0 radical (unpaired) electrons. The van der Waals surface area contributed by atoms with Crippen molar-refractivity contribution in [1.82, 2.24) is 0 Å². The van der Waals surface area contributed by atoms with Gasteiger partial charge in [0.15, 0.2) is 0 Å². The van der Waals surface area contributed by atoms with Gasteiger partial charge < -0.3 is 15.9 Å². The summed E-state index contributed by atoms with van der Waals surface area (Å²) in [6.45, 7) is 1.98. The van der Waals surface area contributed by atoms with Crippen LogP contribution in [0.2, 0.25) is 0 Å². The van der Waals surface area contributed by atoms with E-state index >= 15 is 0 Å². The van der Waals surface area contributed by atoms with Gasteiger partial charge >= 0.3 is 0 Å². The maximum atomic E-state index is 9.49. The minimum atomic E-state index is -0.736. The number of hydrogen-bond acceptors (Lipinski definition) is 3. The average Bonchev–Trinajstić information content (AvgIpc) is 2.10. The number of aryl methyl sites for hydroxylation is 1. The first-order valence-electron chi connectivity index (χ1n) is 3.93. The van der Waals surface area contributed by atoms with Crippen molar-refractivity contribution in [3.05, 3.63) is 27.7 Å². The number of nitrogens with two attached hydrogens (primary N) is 1. The first-order chi connectivity index (χ1) is 6.06. The molecule has 0 aliphatic heterocycles. The molecule has 1 aromatic rings. The summed E-state index contributed by atoms with van der Waals surface area (Å²) in [5, 5.41) is 18.8. The van der Waals surface area contributed by atoms with E-state index in [9.17, 15) is 10.2 Å². The van der Waals surface area contributed by atoms with Crippen molar-refractivity contribution in [2.24, 2.45) is 5.73 Å². The van der Waals surface area contributed by atoms with Crippen molar-refractivity contribution in [3.8, 4) is 5.75 Å². The molecule has 72 valence electrons. The molecule has 3 nitrogen and oxygen atoms in total. The van der Waals surface area contributed by atoms with Gasteiger partial charge in [0.1, 0.15) is 5.75 Å². The molecule has 0 amide bonds. The lowest BCUT2D eigenvalue weighted by Crippen LogP contribution is -2.12. The van der Waals surface area contributed by atoms with Gasteiger partial charge in [-0.1, -0.05) is 15.9 Å². The van der Waals surface area contributed by atoms with E-state index in [1.54, 1.807) is 6.07 Å². The highest BCUT2D eigenvalue weighted by atomic mass is 79.9. The zero-order valence-electron chi connectivity index (χ0n) is 7.29. The van der Waals surface area contributed by atoms with Crippen LogP contribution in [-0.4, -0.2) is 16.8 Å². The lowest BCUT2D eigenvalue weighted by atomic mass is 10.1. The molecule has 13 heavy (non-hydrogen) atoms. The molecule has 1 unspecified atom stereocenters. The van der Waals surface area contributed by atoms with Gasteiger partial charge in [-0.25, -0.2) is 0 Å². The van der Waals surface area contributed by atoms with E-state index in [1.165, 1.54) is 6.07 Å². The smallest absolute Gasteiger partial charge is 0.116 e. The van der Waals surface area contributed by atoms with E-state index < -0.39 is 6.10 Å². The van der Waals surface area contributed by atoms with E-state index in [0.717, 1.165) is 10.0 Å². The largest absolute Gasteiger partial charge is 0.508 e. The normalized spacial score (nSPS) is 12.9. The van der Waals surface area contributed by atoms with Crippen LogP contribution in [0.5, 0.6) is 5.75 Å². The van der Waals surface area contributed by atoms with Crippen LogP contribution in [-0.2, 0) is 0 Å². The molecule has 0 bridgehead atoms. The molecule has 0 aromatic heterocycles. The van der Waals surface area contributed by atoms with E-state index in [0.29, 0.717) is 5.56 Å². The summed E-state index contributed by atoms with van der Waals surface area (Å²) in [5.41, 5.74) is 6.82. The van der Waals surface area contributed by atoms with Gasteiger partial charge in [-0.3, -0.25) is 0 Å². The molecule has 1 atom stereocenters. The molecule has 0 spiro atoms. The van der Waals surface area contributed by atoms with Crippen LogP contribution >= 0.6 is 15.9 Å². The monoisotopic (exact) mass is 245 g/mol. The third-order valence-electron chi connectivity index (χ3n) is 1.85. The van der Waals surface area contributed by atoms with E-state index in [2.05, 4.69) is 15.9 Å². The van der Waals surface area contributed by atoms with Gasteiger partial charge in [-0.05, 0) is 30.2 Å². The van der Waals surface area contributed by atoms with Crippen LogP contribution in [0.3, 0.4) is 0 Å². The maximum Gasteiger partial charge on any atom is 0.116 e. The Morgan fingerprint density at radius 3 is 2.69 bits per heavy atom. The Balaban J connectivity index is 3.20. The maximum absolute atomic E-state index is 9.49. The number of aromatic hydroxyl groups is 1. The first kappa shape index (κ1) is 10.5. The molecule has 0 heterocycles. The van der Waals surface area contributed by atoms with Crippen molar-refractivity contribution in [2.75, 3.05) is 6.54 Å². The number of hydrogen-bond donors (Lipinski definition) is 3. The van der Waals surface area contributed by atoms with Gasteiger partial charge in [0.25, 0.3) is 0 Å². The fourth-order valence-corrected chi connectivity index (χ4v) is 1.64. The summed E-state index contributed by atoms with van der Waals surface area (Å²) in [6.07, 6.45) is -0.736. The lowest BCUT2D eigenvalue weighted by Gasteiger charge is -2.12. The lowest BCUT2D eigenvalue weighted by molar-refractivity contribution is 0.185. The van der Waals surface area contributed by atoms with Gasteiger partial charge in [0, 0.05) is 11.0 Å². The van der Waals surface area contributed by atoms with Crippen molar-refractivity contribution < 1.29 is 10.2 Å². The third kappa shape index (κ3) is 2.21. The van der Waals surface area contributed by atoms with Crippen molar-refractivity contribution in [1.29, 1.82) is 0 Å². The number of aliphatic hydroxyl groups excluding tert-OH is 1. The summed E-state index contributed by atoms with van der Waals surface area (Å²) in [5.74, 6) is 0.142. The summed E-state index contributed by atoms with van der Waals surface area (Å²) >= 11 is 3.33. The van der Waals surface area contributed by atoms with Crippen LogP contribution in [0.25, 0.3) is 0 Å². The molecule has 1 rings (SSSR count). The number of halogens is 1. The molecular weight excluding hydrogens is 234 g/mol. The van der Waals surface area contributed by atoms with Crippen LogP contribution in [0.15, 0.2) is 16.6 Å². The number of phenolic OH excluding ortho intramolecular Hbond substituents is 1. The molecule has 0 fully saturated rings. The van der Waals surface area contributed by atoms with Gasteiger partial charge in [-0.15, -0.1) is 0 Å². The van der Waals surface area contributed by atoms with Crippen molar-refractivity contribution >= 4 is 15.9 Å². The topological polar surface area (TPSA) is 66.5 Å². The Hall–Kier alpha value is -0.580. The molecule has 4 heteroatoms. The zero-order valence-corrected chi connectivity index (χ0v) is 8.87. The minimum absolute atomic E-state index is 0.140. The predicted molar refractivity (Wildman–Crippen MR) is 54.6 cm³/mol. The van der Waals surface area contributed by atoms with Gasteiger partial charge in [0.05, 0.1) is 6.10 Å². The second-order valence-corrected chi connectivity index (χ2v) is 3.71. The Morgan fingerprint density at radius 1 is 1.54 bits per heavy atom. The Labute approximate surface area is 85.3 Å². The highest BCUT2D eigenvalue weighted by Gasteiger charge is 2.12. The summed E-state index contributed by atoms with van der Waals surface area (Å²) < 4.78 is 0.795. The molecule has 0 aliphatic carbocycles. The average molecular weight is 246 g/mol. The second-order valence-electron chi connectivity index (χ2n) is 2.92. The molecule has 0 saturated carbocycles. The summed E-state index contributed by atoms with van der Waals surface area (Å²) in [6, 6.07) is 3.13.